The number of nitrogen functional groups attached to an aromatic ring is 1. The summed E-state index contributed by atoms with van der Waals surface area (Å²) in [5, 5.41) is 13.0. The number of benzene rings is 1. The lowest BCUT2D eigenvalue weighted by atomic mass is 9.99. The summed E-state index contributed by atoms with van der Waals surface area (Å²) in [6.07, 6.45) is 2.39. The molecule has 29 heavy (non-hydrogen) atoms. The molecule has 158 valence electrons. The lowest BCUT2D eigenvalue weighted by Crippen LogP contribution is -2.25. The van der Waals surface area contributed by atoms with Gasteiger partial charge in [0.2, 0.25) is 5.95 Å². The Morgan fingerprint density at radius 3 is 2.69 bits per heavy atom. The van der Waals surface area contributed by atoms with E-state index >= 15 is 0 Å². The Bertz CT molecular complexity index is 842. The smallest absolute Gasteiger partial charge is 0.309 e. The molecular weight excluding hydrogens is 372 g/mol. The zero-order chi connectivity index (χ0) is 21.4. The number of aliphatic hydroxyl groups is 1. The number of nitrogens with zero attached hydrogens (tertiary/aromatic N) is 2. The third-order valence-corrected chi connectivity index (χ3v) is 4.72. The Balaban J connectivity index is 2.42. The summed E-state index contributed by atoms with van der Waals surface area (Å²) in [5.74, 6) is 1.17. The third kappa shape index (κ3) is 6.05. The second kappa shape index (κ2) is 10.6. The van der Waals surface area contributed by atoms with Gasteiger partial charge in [-0.3, -0.25) is 4.79 Å². The Hall–Kier alpha value is -2.87. The van der Waals surface area contributed by atoms with Crippen LogP contribution >= 0.6 is 0 Å². The molecule has 8 nitrogen and oxygen atoms in total. The molecule has 1 aromatic carbocycles. The molecule has 2 aromatic rings. The standard InChI is InChI=1S/C21H30N4O4/c1-5-6-16(12-26)24-20-17(13(2)23-21(22)25-20)11-15-9-14(10-19(27)29-4)7-8-18(15)28-3/h7-9,16,26H,5-6,10-12H2,1-4H3,(H3,22,23,24,25)/t16-/m0/s1. The molecule has 0 aliphatic carbocycles. The fraction of sp³-hybridized carbons (Fsp3) is 0.476. The van der Waals surface area contributed by atoms with E-state index in [0.717, 1.165) is 35.2 Å². The molecule has 0 spiro atoms. The fourth-order valence-electron chi connectivity index (χ4n) is 3.21. The van der Waals surface area contributed by atoms with Crippen LogP contribution in [0.5, 0.6) is 5.75 Å². The molecule has 0 unspecified atom stereocenters. The second-order valence-electron chi connectivity index (χ2n) is 6.88. The van der Waals surface area contributed by atoms with Gasteiger partial charge in [-0.15, -0.1) is 0 Å². The van der Waals surface area contributed by atoms with E-state index in [9.17, 15) is 9.90 Å². The minimum Gasteiger partial charge on any atom is -0.496 e. The van der Waals surface area contributed by atoms with Crippen molar-refractivity contribution >= 4 is 17.7 Å². The normalized spacial score (nSPS) is 11.8. The van der Waals surface area contributed by atoms with Crippen LogP contribution < -0.4 is 15.8 Å². The maximum Gasteiger partial charge on any atom is 0.309 e. The minimum absolute atomic E-state index is 0.00578. The van der Waals surface area contributed by atoms with E-state index < -0.39 is 0 Å². The SMILES string of the molecule is CCC[C@@H](CO)Nc1nc(N)nc(C)c1Cc1cc(CC(=O)OC)ccc1OC. The van der Waals surface area contributed by atoms with Crippen LogP contribution in [0.25, 0.3) is 0 Å². The summed E-state index contributed by atoms with van der Waals surface area (Å²) in [6, 6.07) is 5.47. The monoisotopic (exact) mass is 402 g/mol. The molecule has 4 N–H and O–H groups in total. The largest absolute Gasteiger partial charge is 0.496 e. The van der Waals surface area contributed by atoms with Gasteiger partial charge in [0, 0.05) is 17.7 Å². The number of hydrogen-bond donors (Lipinski definition) is 3. The van der Waals surface area contributed by atoms with Gasteiger partial charge in [0.15, 0.2) is 0 Å². The predicted octanol–water partition coefficient (Wildman–Crippen LogP) is 2.26. The highest BCUT2D eigenvalue weighted by molar-refractivity contribution is 5.72. The molecule has 2 rings (SSSR count). The van der Waals surface area contributed by atoms with Gasteiger partial charge < -0.3 is 25.6 Å². The number of rotatable bonds is 10. The number of methoxy groups -OCH3 is 2. The maximum atomic E-state index is 11.6. The average molecular weight is 402 g/mol. The van der Waals surface area contributed by atoms with E-state index in [1.165, 1.54) is 7.11 Å². The number of nitrogens with two attached hydrogens (primary N) is 1. The molecule has 8 heteroatoms. The first-order valence-electron chi connectivity index (χ1n) is 9.64. The van der Waals surface area contributed by atoms with Crippen LogP contribution in [0.3, 0.4) is 0 Å². The van der Waals surface area contributed by atoms with Gasteiger partial charge in [-0.1, -0.05) is 25.5 Å². The van der Waals surface area contributed by atoms with Crippen LogP contribution in [-0.4, -0.2) is 47.9 Å². The van der Waals surface area contributed by atoms with E-state index in [1.807, 2.05) is 25.1 Å². The first-order chi connectivity index (χ1) is 13.9. The summed E-state index contributed by atoms with van der Waals surface area (Å²) in [5.41, 5.74) is 9.19. The molecule has 0 saturated heterocycles. The Morgan fingerprint density at radius 2 is 2.07 bits per heavy atom. The molecule has 0 radical (unpaired) electrons. The Kier molecular flexibility index (Phi) is 8.21. The van der Waals surface area contributed by atoms with Gasteiger partial charge in [-0.05, 0) is 30.5 Å². The van der Waals surface area contributed by atoms with Crippen molar-refractivity contribution in [3.63, 3.8) is 0 Å². The van der Waals surface area contributed by atoms with Gasteiger partial charge in [0.05, 0.1) is 33.3 Å². The molecule has 0 saturated carbocycles. The second-order valence-corrected chi connectivity index (χ2v) is 6.88. The fourth-order valence-corrected chi connectivity index (χ4v) is 3.21. The zero-order valence-electron chi connectivity index (χ0n) is 17.5. The van der Waals surface area contributed by atoms with Crippen molar-refractivity contribution in [3.05, 3.63) is 40.6 Å². The van der Waals surface area contributed by atoms with Crippen LogP contribution in [0.1, 0.15) is 42.1 Å². The summed E-state index contributed by atoms with van der Waals surface area (Å²) in [7, 11) is 2.97. The summed E-state index contributed by atoms with van der Waals surface area (Å²) >= 11 is 0. The van der Waals surface area contributed by atoms with Crippen LogP contribution in [0, 0.1) is 6.92 Å². The molecule has 0 amide bonds. The molecule has 0 aliphatic rings. The lowest BCUT2D eigenvalue weighted by Gasteiger charge is -2.20. The minimum atomic E-state index is -0.305. The van der Waals surface area contributed by atoms with Crippen molar-refractivity contribution < 1.29 is 19.4 Å². The van der Waals surface area contributed by atoms with Crippen LogP contribution in [-0.2, 0) is 22.4 Å². The molecule has 1 atom stereocenters. The van der Waals surface area contributed by atoms with Crippen molar-refractivity contribution in [1.82, 2.24) is 9.97 Å². The van der Waals surface area contributed by atoms with E-state index in [-0.39, 0.29) is 31.0 Å². The number of esters is 1. The van der Waals surface area contributed by atoms with Gasteiger partial charge >= 0.3 is 5.97 Å². The van der Waals surface area contributed by atoms with E-state index in [1.54, 1.807) is 7.11 Å². The van der Waals surface area contributed by atoms with Crippen LogP contribution in [0.2, 0.25) is 0 Å². The van der Waals surface area contributed by atoms with Gasteiger partial charge in [0.25, 0.3) is 0 Å². The van der Waals surface area contributed by atoms with Crippen molar-refractivity contribution in [1.29, 1.82) is 0 Å². The number of hydrogen-bond acceptors (Lipinski definition) is 8. The van der Waals surface area contributed by atoms with Gasteiger partial charge in [0.1, 0.15) is 11.6 Å². The molecule has 0 aliphatic heterocycles. The quantitative estimate of drug-likeness (QED) is 0.518. The number of aromatic nitrogens is 2. The highest BCUT2D eigenvalue weighted by Crippen LogP contribution is 2.28. The highest BCUT2D eigenvalue weighted by atomic mass is 16.5. The first kappa shape index (κ1) is 22.4. The number of aliphatic hydroxyl groups excluding tert-OH is 1. The Labute approximate surface area is 171 Å². The number of carbonyl (C=O) groups excluding carboxylic acids is 1. The maximum absolute atomic E-state index is 11.6. The van der Waals surface area contributed by atoms with E-state index in [0.29, 0.717) is 18.0 Å². The molecule has 0 fully saturated rings. The molecular formula is C21H30N4O4. The summed E-state index contributed by atoms with van der Waals surface area (Å²) in [4.78, 5) is 20.3. The van der Waals surface area contributed by atoms with E-state index in [2.05, 4.69) is 22.2 Å². The number of aryl methyl sites for hydroxylation is 1. The van der Waals surface area contributed by atoms with Crippen LogP contribution in [0.15, 0.2) is 18.2 Å². The van der Waals surface area contributed by atoms with Gasteiger partial charge in [-0.25, -0.2) is 4.98 Å². The predicted molar refractivity (Wildman–Crippen MR) is 112 cm³/mol. The topological polar surface area (TPSA) is 120 Å². The third-order valence-electron chi connectivity index (χ3n) is 4.72. The van der Waals surface area contributed by atoms with Crippen molar-refractivity contribution in [2.75, 3.05) is 31.9 Å². The van der Waals surface area contributed by atoms with Gasteiger partial charge in [-0.2, -0.15) is 4.98 Å². The van der Waals surface area contributed by atoms with Crippen molar-refractivity contribution in [2.24, 2.45) is 0 Å². The molecule has 1 heterocycles. The first-order valence-corrected chi connectivity index (χ1v) is 9.64. The molecule has 1 aromatic heterocycles. The number of anilines is 2. The molecule has 0 bridgehead atoms. The number of carbonyl (C=O) groups is 1. The lowest BCUT2D eigenvalue weighted by molar-refractivity contribution is -0.139. The van der Waals surface area contributed by atoms with Crippen molar-refractivity contribution in [2.45, 2.75) is 45.6 Å². The van der Waals surface area contributed by atoms with Crippen LogP contribution in [0.4, 0.5) is 11.8 Å². The van der Waals surface area contributed by atoms with Crippen molar-refractivity contribution in [3.8, 4) is 5.75 Å². The summed E-state index contributed by atoms with van der Waals surface area (Å²) in [6.45, 7) is 3.92. The Morgan fingerprint density at radius 1 is 1.31 bits per heavy atom. The number of nitrogens with one attached hydrogen (secondary N) is 1. The number of ether oxygens (including phenoxy) is 2. The highest BCUT2D eigenvalue weighted by Gasteiger charge is 2.17. The summed E-state index contributed by atoms with van der Waals surface area (Å²) < 4.78 is 10.3. The average Bonchev–Trinajstić information content (AvgIpc) is 2.70. The van der Waals surface area contributed by atoms with E-state index in [4.69, 9.17) is 15.2 Å². The zero-order valence-corrected chi connectivity index (χ0v) is 17.5.